The van der Waals surface area contributed by atoms with Crippen molar-refractivity contribution in [3.05, 3.63) is 53.6 Å². The molecule has 1 fully saturated rings. The number of hydrogen-bond donors (Lipinski definition) is 1. The van der Waals surface area contributed by atoms with E-state index in [4.69, 9.17) is 19.5 Å². The Hall–Kier alpha value is -3.20. The first-order chi connectivity index (χ1) is 13.1. The molecule has 0 spiro atoms. The molecule has 0 bridgehead atoms. The second kappa shape index (κ2) is 8.45. The molecule has 1 N–H and O–H groups in total. The van der Waals surface area contributed by atoms with E-state index in [-0.39, 0.29) is 18.6 Å². The first-order valence-electron chi connectivity index (χ1n) is 8.79. The second-order valence-electron chi connectivity index (χ2n) is 6.42. The van der Waals surface area contributed by atoms with Crippen molar-refractivity contribution in [2.24, 2.45) is 5.92 Å². The zero-order valence-electron chi connectivity index (χ0n) is 15.4. The van der Waals surface area contributed by atoms with Gasteiger partial charge in [0.05, 0.1) is 31.9 Å². The van der Waals surface area contributed by atoms with Crippen molar-refractivity contribution in [2.45, 2.75) is 18.9 Å². The van der Waals surface area contributed by atoms with Crippen LogP contribution >= 0.6 is 0 Å². The van der Waals surface area contributed by atoms with Gasteiger partial charge in [0.1, 0.15) is 5.75 Å². The molecule has 6 nitrogen and oxygen atoms in total. The summed E-state index contributed by atoms with van der Waals surface area (Å²) in [5.41, 5.74) is 1.53. The zero-order valence-corrected chi connectivity index (χ0v) is 15.4. The van der Waals surface area contributed by atoms with Crippen molar-refractivity contribution in [3.63, 3.8) is 0 Å². The SMILES string of the molecule is COc1ccc(C(NC(=O)COc2ccc(C#N)cc2OC)C2CC2)cc1. The third-order valence-electron chi connectivity index (χ3n) is 4.54. The molecule has 0 heterocycles. The lowest BCUT2D eigenvalue weighted by molar-refractivity contribution is -0.124. The van der Waals surface area contributed by atoms with E-state index in [9.17, 15) is 4.79 Å². The van der Waals surface area contributed by atoms with E-state index in [1.165, 1.54) is 7.11 Å². The van der Waals surface area contributed by atoms with Crippen LogP contribution in [-0.4, -0.2) is 26.7 Å². The Bertz CT molecular complexity index is 838. The zero-order chi connectivity index (χ0) is 19.2. The molecule has 1 aliphatic carbocycles. The van der Waals surface area contributed by atoms with Crippen LogP contribution in [0.5, 0.6) is 17.2 Å². The molecular weight excluding hydrogens is 344 g/mol. The summed E-state index contributed by atoms with van der Waals surface area (Å²) in [6.45, 7) is -0.123. The highest BCUT2D eigenvalue weighted by molar-refractivity contribution is 5.78. The first-order valence-corrected chi connectivity index (χ1v) is 8.79. The minimum Gasteiger partial charge on any atom is -0.497 e. The van der Waals surface area contributed by atoms with Gasteiger partial charge in [-0.1, -0.05) is 12.1 Å². The number of carbonyl (C=O) groups excluding carboxylic acids is 1. The fourth-order valence-electron chi connectivity index (χ4n) is 2.93. The molecule has 1 aliphatic rings. The molecule has 0 radical (unpaired) electrons. The molecule has 0 saturated heterocycles. The Labute approximate surface area is 158 Å². The van der Waals surface area contributed by atoms with E-state index in [0.717, 1.165) is 24.2 Å². The van der Waals surface area contributed by atoms with Crippen molar-refractivity contribution in [3.8, 4) is 23.3 Å². The summed E-state index contributed by atoms with van der Waals surface area (Å²) in [6.07, 6.45) is 2.20. The lowest BCUT2D eigenvalue weighted by Crippen LogP contribution is -2.33. The summed E-state index contributed by atoms with van der Waals surface area (Å²) in [6, 6.07) is 14.6. The smallest absolute Gasteiger partial charge is 0.258 e. The van der Waals surface area contributed by atoms with E-state index in [1.807, 2.05) is 30.3 Å². The van der Waals surface area contributed by atoms with Gasteiger partial charge in [-0.3, -0.25) is 4.79 Å². The topological polar surface area (TPSA) is 80.6 Å². The molecule has 0 aliphatic heterocycles. The Morgan fingerprint density at radius 1 is 1.15 bits per heavy atom. The third kappa shape index (κ3) is 4.70. The van der Waals surface area contributed by atoms with E-state index >= 15 is 0 Å². The van der Waals surface area contributed by atoms with Crippen LogP contribution in [0.4, 0.5) is 0 Å². The van der Waals surface area contributed by atoms with E-state index in [1.54, 1.807) is 25.3 Å². The third-order valence-corrected chi connectivity index (χ3v) is 4.54. The number of nitrogens with zero attached hydrogens (tertiary/aromatic N) is 1. The minimum atomic E-state index is -0.200. The van der Waals surface area contributed by atoms with E-state index in [2.05, 4.69) is 5.32 Å². The Balaban J connectivity index is 1.62. The number of nitriles is 1. The lowest BCUT2D eigenvalue weighted by Gasteiger charge is -2.19. The number of carbonyl (C=O) groups is 1. The molecule has 1 amide bonds. The van der Waals surface area contributed by atoms with Crippen molar-refractivity contribution in [2.75, 3.05) is 20.8 Å². The standard InChI is InChI=1S/C21H22N2O4/c1-25-17-8-6-16(7-9-17)21(15-4-5-15)23-20(24)13-27-18-10-3-14(12-22)11-19(18)26-2/h3,6-11,15,21H,4-5,13H2,1-2H3,(H,23,24). The van der Waals surface area contributed by atoms with Crippen LogP contribution in [0.15, 0.2) is 42.5 Å². The molecule has 1 unspecified atom stereocenters. The number of rotatable bonds is 8. The van der Waals surface area contributed by atoms with Crippen LogP contribution in [0.25, 0.3) is 0 Å². The molecule has 1 atom stereocenters. The number of amides is 1. The Morgan fingerprint density at radius 3 is 2.48 bits per heavy atom. The normalized spacial score (nSPS) is 14.0. The molecule has 0 aromatic heterocycles. The monoisotopic (exact) mass is 366 g/mol. The number of methoxy groups -OCH3 is 2. The fourth-order valence-corrected chi connectivity index (χ4v) is 2.93. The number of nitrogens with one attached hydrogen (secondary N) is 1. The van der Waals surface area contributed by atoms with Crippen molar-refractivity contribution in [1.82, 2.24) is 5.32 Å². The highest BCUT2D eigenvalue weighted by Gasteiger charge is 2.33. The molecule has 3 rings (SSSR count). The number of ether oxygens (including phenoxy) is 3. The van der Waals surface area contributed by atoms with Gasteiger partial charge in [0, 0.05) is 6.07 Å². The van der Waals surface area contributed by atoms with E-state index < -0.39 is 0 Å². The predicted molar refractivity (Wildman–Crippen MR) is 99.8 cm³/mol. The summed E-state index contributed by atoms with van der Waals surface area (Å²) in [5, 5.41) is 12.0. The lowest BCUT2D eigenvalue weighted by atomic mass is 10.0. The summed E-state index contributed by atoms with van der Waals surface area (Å²) in [4.78, 5) is 12.4. The van der Waals surface area contributed by atoms with E-state index in [0.29, 0.717) is 23.0 Å². The van der Waals surface area contributed by atoms with Gasteiger partial charge in [-0.25, -0.2) is 0 Å². The van der Waals surface area contributed by atoms with Crippen LogP contribution in [0.3, 0.4) is 0 Å². The largest absolute Gasteiger partial charge is 0.497 e. The van der Waals surface area contributed by atoms with Gasteiger partial charge in [0.15, 0.2) is 18.1 Å². The van der Waals surface area contributed by atoms with Gasteiger partial charge in [0.25, 0.3) is 5.91 Å². The molecule has 140 valence electrons. The predicted octanol–water partition coefficient (Wildman–Crippen LogP) is 3.22. The van der Waals surface area contributed by atoms with Gasteiger partial charge in [-0.2, -0.15) is 5.26 Å². The Kier molecular flexibility index (Phi) is 5.82. The summed E-state index contributed by atoms with van der Waals surface area (Å²) >= 11 is 0. The molecule has 6 heteroatoms. The molecule has 2 aromatic rings. The average molecular weight is 366 g/mol. The highest BCUT2D eigenvalue weighted by Crippen LogP contribution is 2.41. The molecular formula is C21H22N2O4. The van der Waals surface area contributed by atoms with Gasteiger partial charge in [-0.05, 0) is 48.6 Å². The second-order valence-corrected chi connectivity index (χ2v) is 6.42. The fraction of sp³-hybridized carbons (Fsp3) is 0.333. The highest BCUT2D eigenvalue weighted by atomic mass is 16.5. The van der Waals surface area contributed by atoms with Gasteiger partial charge < -0.3 is 19.5 Å². The molecule has 1 saturated carbocycles. The Morgan fingerprint density at radius 2 is 1.89 bits per heavy atom. The maximum Gasteiger partial charge on any atom is 0.258 e. The maximum atomic E-state index is 12.4. The summed E-state index contributed by atoms with van der Waals surface area (Å²) in [5.74, 6) is 1.90. The first kappa shape index (κ1) is 18.6. The van der Waals surface area contributed by atoms with Crippen LogP contribution in [0, 0.1) is 17.2 Å². The van der Waals surface area contributed by atoms with Crippen molar-refractivity contribution in [1.29, 1.82) is 5.26 Å². The van der Waals surface area contributed by atoms with Crippen LogP contribution in [0.1, 0.15) is 30.0 Å². The molecule has 27 heavy (non-hydrogen) atoms. The van der Waals surface area contributed by atoms with Crippen LogP contribution in [-0.2, 0) is 4.79 Å². The van der Waals surface area contributed by atoms with Gasteiger partial charge in [0.2, 0.25) is 0 Å². The van der Waals surface area contributed by atoms with Crippen molar-refractivity contribution >= 4 is 5.91 Å². The van der Waals surface area contributed by atoms with Crippen LogP contribution in [0.2, 0.25) is 0 Å². The van der Waals surface area contributed by atoms with Crippen molar-refractivity contribution < 1.29 is 19.0 Å². The van der Waals surface area contributed by atoms with Gasteiger partial charge >= 0.3 is 0 Å². The van der Waals surface area contributed by atoms with Gasteiger partial charge in [-0.15, -0.1) is 0 Å². The average Bonchev–Trinajstić information content (AvgIpc) is 3.55. The summed E-state index contributed by atoms with van der Waals surface area (Å²) in [7, 11) is 3.13. The number of hydrogen-bond acceptors (Lipinski definition) is 5. The van der Waals surface area contributed by atoms with Crippen LogP contribution < -0.4 is 19.5 Å². The summed E-state index contributed by atoms with van der Waals surface area (Å²) < 4.78 is 16.0. The maximum absolute atomic E-state index is 12.4. The molecule has 2 aromatic carbocycles. The quantitative estimate of drug-likeness (QED) is 0.776. The minimum absolute atomic E-state index is 0.0325. The number of benzene rings is 2.